The molecule has 2 aliphatic rings. The van der Waals surface area contributed by atoms with Crippen LogP contribution in [0.15, 0.2) is 53.7 Å². The minimum absolute atomic E-state index is 0.0704. The van der Waals surface area contributed by atoms with Crippen LogP contribution >= 0.6 is 23.2 Å². The van der Waals surface area contributed by atoms with Gasteiger partial charge in [-0.15, -0.1) is 0 Å². The molecule has 0 fully saturated rings. The number of carbonyl (C=O) groups excluding carboxylic acids is 3. The maximum Gasteiger partial charge on any atom is 0.338 e. The van der Waals surface area contributed by atoms with Gasteiger partial charge in [-0.2, -0.15) is 0 Å². The van der Waals surface area contributed by atoms with Crippen molar-refractivity contribution >= 4 is 46.8 Å². The summed E-state index contributed by atoms with van der Waals surface area (Å²) in [6.07, 6.45) is 0. The van der Waals surface area contributed by atoms with Gasteiger partial charge >= 0.3 is 12.0 Å². The van der Waals surface area contributed by atoms with Crippen molar-refractivity contribution in [3.8, 4) is 0 Å². The number of nitrogens with zero attached hydrogens (tertiary/aromatic N) is 1. The average molecular weight is 450 g/mol. The molecule has 2 aromatic carbocycles. The summed E-state index contributed by atoms with van der Waals surface area (Å²) in [7, 11) is 0. The Labute approximate surface area is 180 Å². The molecule has 7 nitrogen and oxygen atoms in total. The largest absolute Gasteiger partial charge is 0.456 e. The predicted octanol–water partition coefficient (Wildman–Crippen LogP) is 3.65. The number of cyclic esters (lactones) is 1. The van der Waals surface area contributed by atoms with Crippen LogP contribution in [0.5, 0.6) is 0 Å². The van der Waals surface area contributed by atoms with E-state index in [1.54, 1.807) is 24.3 Å². The molecule has 0 aromatic heterocycles. The number of nitrogens with one attached hydrogen (secondary N) is 2. The molecular weight excluding hydrogens is 436 g/mol. The van der Waals surface area contributed by atoms with Gasteiger partial charge in [0, 0.05) is 5.02 Å². The van der Waals surface area contributed by atoms with Gasteiger partial charge in [0.25, 0.3) is 0 Å². The van der Waals surface area contributed by atoms with Crippen LogP contribution < -0.4 is 10.6 Å². The summed E-state index contributed by atoms with van der Waals surface area (Å²) in [4.78, 5) is 38.7. The molecule has 10 heteroatoms. The Morgan fingerprint density at radius 1 is 1.20 bits per heavy atom. The van der Waals surface area contributed by atoms with Crippen molar-refractivity contribution in [3.05, 3.63) is 75.2 Å². The number of hydrogen-bond acceptors (Lipinski definition) is 4. The van der Waals surface area contributed by atoms with E-state index in [2.05, 4.69) is 10.6 Å². The van der Waals surface area contributed by atoms with Gasteiger partial charge in [-0.05, 0) is 29.8 Å². The smallest absolute Gasteiger partial charge is 0.338 e. The zero-order chi connectivity index (χ0) is 21.4. The highest BCUT2D eigenvalue weighted by Crippen LogP contribution is 2.37. The molecule has 0 bridgehead atoms. The lowest BCUT2D eigenvalue weighted by molar-refractivity contribution is -0.136. The van der Waals surface area contributed by atoms with Crippen LogP contribution in [-0.2, 0) is 14.3 Å². The second kappa shape index (κ2) is 7.97. The van der Waals surface area contributed by atoms with Gasteiger partial charge < -0.3 is 15.4 Å². The third-order valence-corrected chi connectivity index (χ3v) is 5.39. The third kappa shape index (κ3) is 3.71. The van der Waals surface area contributed by atoms with Crippen LogP contribution in [0.3, 0.4) is 0 Å². The Hall–Kier alpha value is -3.10. The average Bonchev–Trinajstić information content (AvgIpc) is 3.09. The topological polar surface area (TPSA) is 87.7 Å². The number of esters is 1. The molecule has 4 rings (SSSR count). The Morgan fingerprint density at radius 2 is 1.97 bits per heavy atom. The quantitative estimate of drug-likeness (QED) is 0.697. The second-order valence-corrected chi connectivity index (χ2v) is 7.41. The molecule has 2 N–H and O–H groups in total. The van der Waals surface area contributed by atoms with Gasteiger partial charge in [-0.25, -0.2) is 14.0 Å². The molecule has 0 unspecified atom stereocenters. The highest BCUT2D eigenvalue weighted by Gasteiger charge is 2.43. The van der Waals surface area contributed by atoms with E-state index in [0.717, 1.165) is 17.0 Å². The monoisotopic (exact) mass is 449 g/mol. The summed E-state index contributed by atoms with van der Waals surface area (Å²) < 4.78 is 18.5. The Morgan fingerprint density at radius 3 is 2.73 bits per heavy atom. The number of urea groups is 1. The fraction of sp³-hybridized carbons (Fsp3) is 0.150. The first-order valence-electron chi connectivity index (χ1n) is 8.82. The number of amides is 3. The van der Waals surface area contributed by atoms with Crippen molar-refractivity contribution in [3.63, 3.8) is 0 Å². The van der Waals surface area contributed by atoms with Gasteiger partial charge in [-0.1, -0.05) is 41.4 Å². The van der Waals surface area contributed by atoms with Gasteiger partial charge in [0.15, 0.2) is 0 Å². The standard InChI is InChI=1S/C20H14Cl2FN3O4/c21-12-4-2-1-3-11(12)18-17-15(9-30-19(17)28)26(20(29)25-18)8-16(27)24-14-7-10(23)5-6-13(14)22/h1-7,18H,8-9H2,(H,24,27)(H,25,29)/t18-/m1/s1. The van der Waals surface area contributed by atoms with Crippen molar-refractivity contribution < 1.29 is 23.5 Å². The molecule has 0 saturated carbocycles. The minimum Gasteiger partial charge on any atom is -0.456 e. The van der Waals surface area contributed by atoms with Gasteiger partial charge in [0.05, 0.1) is 28.0 Å². The lowest BCUT2D eigenvalue weighted by atomic mass is 9.95. The maximum atomic E-state index is 13.4. The molecule has 0 saturated heterocycles. The van der Waals surface area contributed by atoms with Crippen molar-refractivity contribution in [2.24, 2.45) is 0 Å². The highest BCUT2D eigenvalue weighted by molar-refractivity contribution is 6.33. The number of halogens is 3. The number of rotatable bonds is 4. The van der Waals surface area contributed by atoms with Crippen LogP contribution in [0, 0.1) is 5.82 Å². The molecule has 30 heavy (non-hydrogen) atoms. The molecule has 0 spiro atoms. The number of ether oxygens (including phenoxy) is 1. The summed E-state index contributed by atoms with van der Waals surface area (Å²) in [5, 5.41) is 5.67. The van der Waals surface area contributed by atoms with Crippen LogP contribution in [0.4, 0.5) is 14.9 Å². The molecular formula is C20H14Cl2FN3O4. The van der Waals surface area contributed by atoms with E-state index in [1.165, 1.54) is 6.07 Å². The molecule has 0 radical (unpaired) electrons. The minimum atomic E-state index is -0.798. The van der Waals surface area contributed by atoms with E-state index in [0.29, 0.717) is 10.6 Å². The summed E-state index contributed by atoms with van der Waals surface area (Å²) in [5.41, 5.74) is 1.09. The van der Waals surface area contributed by atoms with Crippen LogP contribution in [-0.4, -0.2) is 36.0 Å². The fourth-order valence-corrected chi connectivity index (χ4v) is 3.76. The van der Waals surface area contributed by atoms with E-state index >= 15 is 0 Å². The zero-order valence-corrected chi connectivity index (χ0v) is 16.8. The second-order valence-electron chi connectivity index (χ2n) is 6.60. The molecule has 3 amide bonds. The number of anilines is 1. The van der Waals surface area contributed by atoms with Crippen molar-refractivity contribution in [1.82, 2.24) is 10.2 Å². The summed E-state index contributed by atoms with van der Waals surface area (Å²) >= 11 is 12.2. The SMILES string of the molecule is O=C(CN1C(=O)N[C@H](c2ccccc2Cl)C2=C1COC2=O)Nc1cc(F)ccc1Cl. The number of benzene rings is 2. The molecule has 2 aromatic rings. The first-order valence-corrected chi connectivity index (χ1v) is 9.58. The molecule has 2 heterocycles. The number of carbonyl (C=O) groups is 3. The van der Waals surface area contributed by atoms with Crippen molar-refractivity contribution in [1.29, 1.82) is 0 Å². The van der Waals surface area contributed by atoms with Crippen molar-refractivity contribution in [2.45, 2.75) is 6.04 Å². The lowest BCUT2D eigenvalue weighted by Crippen LogP contribution is -2.49. The Bertz CT molecular complexity index is 1110. The summed E-state index contributed by atoms with van der Waals surface area (Å²) in [6, 6.07) is 8.93. The first kappa shape index (κ1) is 20.2. The van der Waals surface area contributed by atoms with E-state index < -0.39 is 36.3 Å². The highest BCUT2D eigenvalue weighted by atomic mass is 35.5. The van der Waals surface area contributed by atoms with E-state index in [9.17, 15) is 18.8 Å². The van der Waals surface area contributed by atoms with Crippen LogP contribution in [0.25, 0.3) is 0 Å². The Balaban J connectivity index is 1.62. The maximum absolute atomic E-state index is 13.4. The van der Waals surface area contributed by atoms with Crippen molar-refractivity contribution in [2.75, 3.05) is 18.5 Å². The van der Waals surface area contributed by atoms with Crippen LogP contribution in [0.1, 0.15) is 11.6 Å². The molecule has 2 aliphatic heterocycles. The van der Waals surface area contributed by atoms with Crippen LogP contribution in [0.2, 0.25) is 10.0 Å². The summed E-state index contributed by atoms with van der Waals surface area (Å²) in [6.45, 7) is -0.583. The Kier molecular flexibility index (Phi) is 5.36. The van der Waals surface area contributed by atoms with Gasteiger partial charge in [0.2, 0.25) is 5.91 Å². The zero-order valence-electron chi connectivity index (χ0n) is 15.2. The third-order valence-electron chi connectivity index (χ3n) is 4.72. The molecule has 0 aliphatic carbocycles. The molecule has 154 valence electrons. The van der Waals surface area contributed by atoms with Gasteiger partial charge in [-0.3, -0.25) is 9.69 Å². The predicted molar refractivity (Wildman–Crippen MR) is 107 cm³/mol. The van der Waals surface area contributed by atoms with E-state index in [1.807, 2.05) is 0 Å². The normalized spacial score (nSPS) is 18.1. The van der Waals surface area contributed by atoms with E-state index in [-0.39, 0.29) is 28.6 Å². The summed E-state index contributed by atoms with van der Waals surface area (Å²) in [5.74, 6) is -1.80. The fourth-order valence-electron chi connectivity index (χ4n) is 3.35. The van der Waals surface area contributed by atoms with Gasteiger partial charge in [0.1, 0.15) is 19.0 Å². The van der Waals surface area contributed by atoms with E-state index in [4.69, 9.17) is 27.9 Å². The first-order chi connectivity index (χ1) is 14.3. The molecule has 1 atom stereocenters. The number of hydrogen-bond donors (Lipinski definition) is 2. The lowest BCUT2D eigenvalue weighted by Gasteiger charge is -2.32.